The minimum absolute atomic E-state index is 0.0871. The molecule has 0 aliphatic heterocycles. The van der Waals surface area contributed by atoms with Crippen molar-refractivity contribution in [1.29, 1.82) is 0 Å². The average molecular weight is 288 g/mol. The predicted octanol–water partition coefficient (Wildman–Crippen LogP) is 0.449. The molecule has 106 valence electrons. The van der Waals surface area contributed by atoms with E-state index in [9.17, 15) is 17.6 Å². The van der Waals surface area contributed by atoms with E-state index in [1.54, 1.807) is 0 Å². The van der Waals surface area contributed by atoms with E-state index < -0.39 is 21.6 Å². The smallest absolute Gasteiger partial charge is 0.248 e. The van der Waals surface area contributed by atoms with Crippen molar-refractivity contribution in [2.45, 2.75) is 13.0 Å². The van der Waals surface area contributed by atoms with Crippen LogP contribution in [0.1, 0.15) is 22.3 Å². The predicted molar refractivity (Wildman–Crippen MR) is 71.0 cm³/mol. The van der Waals surface area contributed by atoms with Crippen LogP contribution >= 0.6 is 0 Å². The molecule has 19 heavy (non-hydrogen) atoms. The van der Waals surface area contributed by atoms with Gasteiger partial charge in [0.05, 0.1) is 5.75 Å². The Balaban J connectivity index is 2.49. The Morgan fingerprint density at radius 2 is 2.11 bits per heavy atom. The second-order valence-electron chi connectivity index (χ2n) is 4.33. The van der Waals surface area contributed by atoms with Crippen LogP contribution in [0, 0.1) is 5.82 Å². The Kier molecular flexibility index (Phi) is 5.44. The number of halogens is 1. The van der Waals surface area contributed by atoms with Crippen LogP contribution in [0.15, 0.2) is 18.2 Å². The van der Waals surface area contributed by atoms with Gasteiger partial charge in [0.25, 0.3) is 0 Å². The summed E-state index contributed by atoms with van der Waals surface area (Å²) in [6.45, 7) is 0.671. The molecule has 7 heteroatoms. The lowest BCUT2D eigenvalue weighted by Gasteiger charge is -2.07. The van der Waals surface area contributed by atoms with Gasteiger partial charge >= 0.3 is 0 Å². The highest BCUT2D eigenvalue weighted by molar-refractivity contribution is 7.90. The molecule has 0 unspecified atom stereocenters. The normalized spacial score (nSPS) is 11.5. The van der Waals surface area contributed by atoms with Crippen LogP contribution < -0.4 is 11.1 Å². The molecule has 0 fully saturated rings. The van der Waals surface area contributed by atoms with Gasteiger partial charge in [-0.05, 0) is 31.2 Å². The highest BCUT2D eigenvalue weighted by Gasteiger charge is 2.07. The molecule has 5 nitrogen and oxygen atoms in total. The van der Waals surface area contributed by atoms with E-state index in [1.807, 2.05) is 0 Å². The number of hydrogen-bond acceptors (Lipinski definition) is 4. The topological polar surface area (TPSA) is 89.3 Å². The van der Waals surface area contributed by atoms with E-state index in [4.69, 9.17) is 5.73 Å². The van der Waals surface area contributed by atoms with Gasteiger partial charge in [0.1, 0.15) is 15.7 Å². The van der Waals surface area contributed by atoms with Gasteiger partial charge in [-0.3, -0.25) is 4.79 Å². The molecule has 0 saturated heterocycles. The molecule has 0 heterocycles. The molecule has 0 bridgehead atoms. The van der Waals surface area contributed by atoms with Crippen LogP contribution in [0.3, 0.4) is 0 Å². The van der Waals surface area contributed by atoms with E-state index in [-0.39, 0.29) is 17.9 Å². The summed E-state index contributed by atoms with van der Waals surface area (Å²) in [5.74, 6) is -0.956. The second kappa shape index (κ2) is 6.63. The Labute approximate surface area is 111 Å². The number of nitrogens with one attached hydrogen (secondary N) is 1. The summed E-state index contributed by atoms with van der Waals surface area (Å²) in [6, 6.07) is 3.90. The maximum absolute atomic E-state index is 13.4. The third-order valence-corrected chi connectivity index (χ3v) is 3.54. The van der Waals surface area contributed by atoms with Crippen LogP contribution in [-0.4, -0.2) is 32.9 Å². The minimum Gasteiger partial charge on any atom is -0.366 e. The van der Waals surface area contributed by atoms with Gasteiger partial charge in [0, 0.05) is 23.9 Å². The summed E-state index contributed by atoms with van der Waals surface area (Å²) in [4.78, 5) is 11.0. The average Bonchev–Trinajstić information content (AvgIpc) is 2.29. The third kappa shape index (κ3) is 5.80. The van der Waals surface area contributed by atoms with Gasteiger partial charge in [0.15, 0.2) is 0 Å². The van der Waals surface area contributed by atoms with E-state index >= 15 is 0 Å². The number of hydrogen-bond donors (Lipinski definition) is 2. The molecule has 0 aliphatic rings. The van der Waals surface area contributed by atoms with Gasteiger partial charge in [-0.25, -0.2) is 12.8 Å². The third-order valence-electron chi connectivity index (χ3n) is 2.51. The molecular weight excluding hydrogens is 271 g/mol. The van der Waals surface area contributed by atoms with Crippen LogP contribution in [0.2, 0.25) is 0 Å². The summed E-state index contributed by atoms with van der Waals surface area (Å²) in [5, 5.41) is 2.92. The van der Waals surface area contributed by atoms with E-state index in [0.717, 1.165) is 0 Å². The highest BCUT2D eigenvalue weighted by Crippen LogP contribution is 2.10. The number of benzene rings is 1. The lowest BCUT2D eigenvalue weighted by molar-refractivity contribution is 0.1000. The fourth-order valence-electron chi connectivity index (χ4n) is 1.55. The van der Waals surface area contributed by atoms with Crippen molar-refractivity contribution in [1.82, 2.24) is 5.32 Å². The quantitative estimate of drug-likeness (QED) is 0.713. The van der Waals surface area contributed by atoms with Crippen LogP contribution in [0.25, 0.3) is 0 Å². The first kappa shape index (κ1) is 15.6. The van der Waals surface area contributed by atoms with Crippen LogP contribution in [-0.2, 0) is 16.4 Å². The van der Waals surface area contributed by atoms with Crippen molar-refractivity contribution in [2.75, 3.05) is 18.6 Å². The number of amides is 1. The summed E-state index contributed by atoms with van der Waals surface area (Å²) >= 11 is 0. The Bertz CT molecular complexity index is 558. The van der Waals surface area contributed by atoms with Crippen LogP contribution in [0.4, 0.5) is 4.39 Å². The zero-order valence-corrected chi connectivity index (χ0v) is 11.5. The number of nitrogens with two attached hydrogens (primary N) is 1. The number of sulfone groups is 1. The molecule has 0 aromatic heterocycles. The van der Waals surface area contributed by atoms with Crippen molar-refractivity contribution in [3.63, 3.8) is 0 Å². The summed E-state index contributed by atoms with van der Waals surface area (Å²) in [7, 11) is -2.97. The van der Waals surface area contributed by atoms with Crippen molar-refractivity contribution in [3.8, 4) is 0 Å². The molecule has 0 radical (unpaired) electrons. The first-order valence-corrected chi connectivity index (χ1v) is 7.82. The van der Waals surface area contributed by atoms with Crippen molar-refractivity contribution in [3.05, 3.63) is 35.1 Å². The monoisotopic (exact) mass is 288 g/mol. The molecule has 1 rings (SSSR count). The number of primary amides is 1. The lowest BCUT2D eigenvalue weighted by atomic mass is 10.1. The molecule has 0 aliphatic carbocycles. The molecule has 0 spiro atoms. The molecule has 3 N–H and O–H groups in total. The van der Waals surface area contributed by atoms with Crippen LogP contribution in [0.5, 0.6) is 0 Å². The van der Waals surface area contributed by atoms with Gasteiger partial charge in [-0.15, -0.1) is 0 Å². The first-order chi connectivity index (χ1) is 8.79. The van der Waals surface area contributed by atoms with Crippen molar-refractivity contribution >= 4 is 15.7 Å². The Hall–Kier alpha value is -1.47. The lowest BCUT2D eigenvalue weighted by Crippen LogP contribution is -2.19. The number of carbonyl (C=O) groups is 1. The largest absolute Gasteiger partial charge is 0.366 e. The Morgan fingerprint density at radius 3 is 2.68 bits per heavy atom. The van der Waals surface area contributed by atoms with E-state index in [1.165, 1.54) is 24.5 Å². The summed E-state index contributed by atoms with van der Waals surface area (Å²) < 4.78 is 35.2. The first-order valence-electron chi connectivity index (χ1n) is 5.76. The molecule has 0 atom stereocenters. The van der Waals surface area contributed by atoms with Gasteiger partial charge < -0.3 is 11.1 Å². The number of carbonyl (C=O) groups excluding carboxylic acids is 1. The fourth-order valence-corrected chi connectivity index (χ4v) is 2.21. The van der Waals surface area contributed by atoms with Gasteiger partial charge in [-0.2, -0.15) is 0 Å². The molecular formula is C12H17FN2O3S. The van der Waals surface area contributed by atoms with Crippen molar-refractivity contribution in [2.24, 2.45) is 5.73 Å². The zero-order chi connectivity index (χ0) is 14.5. The van der Waals surface area contributed by atoms with E-state index in [0.29, 0.717) is 18.5 Å². The zero-order valence-electron chi connectivity index (χ0n) is 10.6. The second-order valence-corrected chi connectivity index (χ2v) is 6.59. The van der Waals surface area contributed by atoms with Gasteiger partial charge in [-0.1, -0.05) is 0 Å². The summed E-state index contributed by atoms with van der Waals surface area (Å²) in [6.07, 6.45) is 1.62. The molecule has 1 amide bonds. The maximum atomic E-state index is 13.4. The molecule has 0 saturated carbocycles. The highest BCUT2D eigenvalue weighted by atomic mass is 32.2. The Morgan fingerprint density at radius 1 is 1.42 bits per heavy atom. The number of rotatable bonds is 7. The summed E-state index contributed by atoms with van der Waals surface area (Å²) in [5.41, 5.74) is 5.68. The molecule has 1 aromatic rings. The van der Waals surface area contributed by atoms with Crippen molar-refractivity contribution < 1.29 is 17.6 Å². The maximum Gasteiger partial charge on any atom is 0.248 e. The minimum atomic E-state index is -2.97. The fraction of sp³-hybridized carbons (Fsp3) is 0.417. The standard InChI is InChI=1S/C12H17FN2O3S/c1-19(17,18)6-2-5-15-8-10-7-9(12(14)16)3-4-11(10)13/h3-4,7,15H,2,5-6,8H2,1H3,(H2,14,16). The SMILES string of the molecule is CS(=O)(=O)CCCNCc1cc(C(N)=O)ccc1F. The van der Waals surface area contributed by atoms with Gasteiger partial charge in [0.2, 0.25) is 5.91 Å². The molecule has 1 aromatic carbocycles. The van der Waals surface area contributed by atoms with E-state index in [2.05, 4.69) is 5.32 Å².